The smallest absolute Gasteiger partial charge is 0.220 e. The Bertz CT molecular complexity index is 1480. The molecule has 2 fully saturated rings. The van der Waals surface area contributed by atoms with Gasteiger partial charge in [-0.1, -0.05) is 269 Å². The van der Waals surface area contributed by atoms with Crippen molar-refractivity contribution in [2.75, 3.05) is 19.8 Å². The summed E-state index contributed by atoms with van der Waals surface area (Å²) in [5.41, 5.74) is 0. The molecule has 2 saturated heterocycles. The zero-order valence-corrected chi connectivity index (χ0v) is 50.8. The Kier molecular flexibility index (Phi) is 47.9. The number of ether oxygens (including phenoxy) is 4. The lowest BCUT2D eigenvalue weighted by Crippen LogP contribution is -2.65. The number of carbonyl (C=O) groups is 1. The second-order valence-electron chi connectivity index (χ2n) is 23.6. The van der Waals surface area contributed by atoms with Crippen LogP contribution >= 0.6 is 0 Å². The summed E-state index contributed by atoms with van der Waals surface area (Å²) in [7, 11) is 0. The fourth-order valence-electron chi connectivity index (χ4n) is 11.0. The molecular formula is C66H123NO13. The van der Waals surface area contributed by atoms with Gasteiger partial charge in [-0.25, -0.2) is 0 Å². The summed E-state index contributed by atoms with van der Waals surface area (Å²) in [6.45, 7) is 2.80. The average Bonchev–Trinajstić information content (AvgIpc) is 3.46. The molecule has 0 aliphatic carbocycles. The van der Waals surface area contributed by atoms with E-state index in [1.165, 1.54) is 205 Å². The van der Waals surface area contributed by atoms with Gasteiger partial charge in [0.2, 0.25) is 5.91 Å². The second-order valence-corrected chi connectivity index (χ2v) is 23.6. The van der Waals surface area contributed by atoms with Crippen molar-refractivity contribution in [3.05, 3.63) is 36.5 Å². The summed E-state index contributed by atoms with van der Waals surface area (Å²) in [5.74, 6) is -0.251. The number of aliphatic hydroxyl groups is 8. The SMILES string of the molecule is CCCCCCCCCCCCCCCCCCCCCCCC/C=C/CC/C=C/CC/C=C/C(O)C(COC1OC(CO)C(OC2OC(CO)C(O)C(O)C2O)C(O)C1O)NC(=O)CCCCCCCCCCCCCCCC. The topological polar surface area (TPSA) is 228 Å². The van der Waals surface area contributed by atoms with Gasteiger partial charge in [-0.05, 0) is 44.9 Å². The van der Waals surface area contributed by atoms with Crippen LogP contribution in [0.1, 0.15) is 284 Å². The van der Waals surface area contributed by atoms with E-state index in [1.54, 1.807) is 6.08 Å². The normalized spacial score (nSPS) is 24.4. The highest BCUT2D eigenvalue weighted by molar-refractivity contribution is 5.76. The van der Waals surface area contributed by atoms with Crippen LogP contribution in [0, 0.1) is 0 Å². The van der Waals surface area contributed by atoms with Crippen LogP contribution in [-0.4, -0.2) is 140 Å². The number of aliphatic hydroxyl groups excluding tert-OH is 8. The number of nitrogens with one attached hydrogen (secondary N) is 1. The Balaban J connectivity index is 1.68. The molecule has 0 radical (unpaired) electrons. The van der Waals surface area contributed by atoms with Crippen molar-refractivity contribution in [3.63, 3.8) is 0 Å². The summed E-state index contributed by atoms with van der Waals surface area (Å²) in [6.07, 6.45) is 47.9. The summed E-state index contributed by atoms with van der Waals surface area (Å²) < 4.78 is 22.8. The molecule has 2 aliphatic rings. The first kappa shape index (κ1) is 74.3. The van der Waals surface area contributed by atoms with E-state index in [1.807, 2.05) is 6.08 Å². The van der Waals surface area contributed by atoms with E-state index in [2.05, 4.69) is 43.5 Å². The first-order valence-corrected chi connectivity index (χ1v) is 33.2. The molecule has 9 N–H and O–H groups in total. The van der Waals surface area contributed by atoms with Gasteiger partial charge in [0.15, 0.2) is 12.6 Å². The van der Waals surface area contributed by atoms with E-state index in [0.717, 1.165) is 44.9 Å². The Morgan fingerprint density at radius 3 is 1.23 bits per heavy atom. The number of hydrogen-bond acceptors (Lipinski definition) is 13. The molecular weight excluding hydrogens is 1010 g/mol. The molecule has 80 heavy (non-hydrogen) atoms. The van der Waals surface area contributed by atoms with Gasteiger partial charge < -0.3 is 65.1 Å². The Hall–Kier alpha value is -1.79. The lowest BCUT2D eigenvalue weighted by atomic mass is 9.97. The van der Waals surface area contributed by atoms with Gasteiger partial charge in [-0.2, -0.15) is 0 Å². The number of amides is 1. The van der Waals surface area contributed by atoms with Gasteiger partial charge in [0.25, 0.3) is 0 Å². The number of allylic oxidation sites excluding steroid dienone is 5. The van der Waals surface area contributed by atoms with Crippen LogP contribution in [0.2, 0.25) is 0 Å². The van der Waals surface area contributed by atoms with Crippen LogP contribution in [0.25, 0.3) is 0 Å². The molecule has 0 aromatic carbocycles. The van der Waals surface area contributed by atoms with E-state index in [-0.39, 0.29) is 18.9 Å². The summed E-state index contributed by atoms with van der Waals surface area (Å²) >= 11 is 0. The van der Waals surface area contributed by atoms with Gasteiger partial charge in [-0.15, -0.1) is 0 Å². The zero-order valence-electron chi connectivity index (χ0n) is 50.8. The molecule has 0 saturated carbocycles. The van der Waals surface area contributed by atoms with Crippen LogP contribution in [-0.2, 0) is 23.7 Å². The van der Waals surface area contributed by atoms with Crippen LogP contribution in [0.15, 0.2) is 36.5 Å². The Labute approximate surface area is 487 Å². The van der Waals surface area contributed by atoms with Crippen molar-refractivity contribution in [1.82, 2.24) is 5.32 Å². The quantitative estimate of drug-likeness (QED) is 0.0204. The molecule has 0 bridgehead atoms. The van der Waals surface area contributed by atoms with Gasteiger partial charge in [0, 0.05) is 6.42 Å². The molecule has 14 nitrogen and oxygen atoms in total. The highest BCUT2D eigenvalue weighted by Gasteiger charge is 2.51. The molecule has 0 spiro atoms. The first-order valence-electron chi connectivity index (χ1n) is 33.2. The van der Waals surface area contributed by atoms with Gasteiger partial charge >= 0.3 is 0 Å². The zero-order chi connectivity index (χ0) is 58.1. The average molecular weight is 1140 g/mol. The molecule has 1 amide bonds. The minimum absolute atomic E-state index is 0.251. The molecule has 470 valence electrons. The highest BCUT2D eigenvalue weighted by Crippen LogP contribution is 2.30. The highest BCUT2D eigenvalue weighted by atomic mass is 16.7. The van der Waals surface area contributed by atoms with E-state index >= 15 is 0 Å². The molecule has 0 aromatic heterocycles. The third kappa shape index (κ3) is 36.1. The van der Waals surface area contributed by atoms with E-state index in [4.69, 9.17) is 18.9 Å². The number of hydrogen-bond donors (Lipinski definition) is 9. The van der Waals surface area contributed by atoms with Crippen LogP contribution in [0.5, 0.6) is 0 Å². The molecule has 2 rings (SSSR count). The number of carbonyl (C=O) groups excluding carboxylic acids is 1. The molecule has 2 heterocycles. The molecule has 0 aromatic rings. The Morgan fingerprint density at radius 1 is 0.438 bits per heavy atom. The van der Waals surface area contributed by atoms with E-state index in [0.29, 0.717) is 12.8 Å². The van der Waals surface area contributed by atoms with Crippen molar-refractivity contribution < 1.29 is 64.6 Å². The van der Waals surface area contributed by atoms with E-state index < -0.39 is 86.8 Å². The fourth-order valence-corrected chi connectivity index (χ4v) is 11.0. The van der Waals surface area contributed by atoms with Crippen molar-refractivity contribution >= 4 is 5.91 Å². The minimum atomic E-state index is -1.79. The first-order chi connectivity index (χ1) is 39.1. The van der Waals surface area contributed by atoms with Gasteiger partial charge in [0.1, 0.15) is 48.8 Å². The van der Waals surface area contributed by atoms with Gasteiger partial charge in [-0.3, -0.25) is 4.79 Å². The number of rotatable bonds is 54. The molecule has 12 unspecified atom stereocenters. The maximum absolute atomic E-state index is 13.2. The fraction of sp³-hybridized carbons (Fsp3) is 0.894. The van der Waals surface area contributed by atoms with Crippen LogP contribution in [0.3, 0.4) is 0 Å². The summed E-state index contributed by atoms with van der Waals surface area (Å²) in [6, 6.07) is -0.935. The third-order valence-electron chi connectivity index (χ3n) is 16.3. The molecule has 14 heteroatoms. The van der Waals surface area contributed by atoms with Crippen molar-refractivity contribution in [2.45, 2.75) is 357 Å². The standard InChI is InChI=1S/C66H123NO13/c1-3-5-7-9-11-13-15-17-19-20-21-22-23-24-25-26-27-28-29-30-31-32-33-34-35-36-37-39-41-43-45-47-49-55(70)54(67-58(71)50-48-46-44-42-40-38-18-16-14-12-10-8-6-4-2)53-77-65-63(76)61(74)64(57(52-69)79-65)80-66-62(75)60(73)59(72)56(51-68)78-66/h34-35,39,41,47,49,54-57,59-66,68-70,72-76H,3-33,36-38,40,42-46,48,50-53H2,1-2H3,(H,67,71)/b35-34+,41-39+,49-47+. The minimum Gasteiger partial charge on any atom is -0.394 e. The van der Waals surface area contributed by atoms with Crippen molar-refractivity contribution in [2.24, 2.45) is 0 Å². The Morgan fingerprint density at radius 2 is 0.800 bits per heavy atom. The lowest BCUT2D eigenvalue weighted by Gasteiger charge is -2.46. The summed E-state index contributed by atoms with van der Waals surface area (Å²) in [4.78, 5) is 13.2. The largest absolute Gasteiger partial charge is 0.394 e. The van der Waals surface area contributed by atoms with Crippen molar-refractivity contribution in [3.8, 4) is 0 Å². The maximum atomic E-state index is 13.2. The van der Waals surface area contributed by atoms with Crippen molar-refractivity contribution in [1.29, 1.82) is 0 Å². The van der Waals surface area contributed by atoms with Crippen LogP contribution < -0.4 is 5.32 Å². The second kappa shape index (κ2) is 51.6. The van der Waals surface area contributed by atoms with Crippen LogP contribution in [0.4, 0.5) is 0 Å². The molecule has 2 aliphatic heterocycles. The third-order valence-corrected chi connectivity index (χ3v) is 16.3. The lowest BCUT2D eigenvalue weighted by molar-refractivity contribution is -0.359. The maximum Gasteiger partial charge on any atom is 0.220 e. The van der Waals surface area contributed by atoms with E-state index in [9.17, 15) is 45.6 Å². The summed E-state index contributed by atoms with van der Waals surface area (Å²) in [5, 5.41) is 87.1. The monoisotopic (exact) mass is 1140 g/mol. The number of unbranched alkanes of at least 4 members (excludes halogenated alkanes) is 37. The van der Waals surface area contributed by atoms with Gasteiger partial charge in [0.05, 0.1) is 32.0 Å². The molecule has 12 atom stereocenters. The predicted molar refractivity (Wildman–Crippen MR) is 323 cm³/mol. The predicted octanol–water partition coefficient (Wildman–Crippen LogP) is 12.6.